The van der Waals surface area contributed by atoms with Crippen molar-refractivity contribution in [3.8, 4) is 17.2 Å². The summed E-state index contributed by atoms with van der Waals surface area (Å²) in [6.07, 6.45) is 9.45. The minimum absolute atomic E-state index is 0.186. The highest BCUT2D eigenvalue weighted by Gasteiger charge is 2.26. The number of likely N-dealkylation sites (tertiary alicyclic amines) is 1. The molecule has 0 aromatic heterocycles. The van der Waals surface area contributed by atoms with Crippen LogP contribution in [0.25, 0.3) is 6.08 Å². The molecule has 0 saturated carbocycles. The van der Waals surface area contributed by atoms with Gasteiger partial charge in [0.25, 0.3) is 0 Å². The van der Waals surface area contributed by atoms with Crippen molar-refractivity contribution in [1.82, 2.24) is 4.90 Å². The molecule has 5 nitrogen and oxygen atoms in total. The van der Waals surface area contributed by atoms with Gasteiger partial charge in [0, 0.05) is 24.2 Å². The summed E-state index contributed by atoms with van der Waals surface area (Å²) in [6.45, 7) is 1.75. The minimum atomic E-state index is 0.186. The lowest BCUT2D eigenvalue weighted by Gasteiger charge is -2.28. The summed E-state index contributed by atoms with van der Waals surface area (Å²) in [5.41, 5.74) is 2.95. The van der Waals surface area contributed by atoms with E-state index in [1.807, 2.05) is 17.0 Å². The number of rotatable bonds is 4. The quantitative estimate of drug-likeness (QED) is 0.820. The Morgan fingerprint density at radius 1 is 0.885 bits per heavy atom. The van der Waals surface area contributed by atoms with E-state index in [0.29, 0.717) is 17.2 Å². The zero-order chi connectivity index (χ0) is 18.5. The largest absolute Gasteiger partial charge is 0.493 e. The van der Waals surface area contributed by atoms with Crippen LogP contribution in [-0.4, -0.2) is 45.2 Å². The molecular weight excluding hydrogens is 330 g/mol. The number of carbonyl (C=O) groups is 1. The molecule has 0 unspecified atom stereocenters. The fourth-order valence-corrected chi connectivity index (χ4v) is 3.96. The van der Waals surface area contributed by atoms with E-state index in [2.05, 4.69) is 0 Å². The van der Waals surface area contributed by atoms with E-state index in [9.17, 15) is 4.79 Å². The van der Waals surface area contributed by atoms with E-state index in [-0.39, 0.29) is 5.91 Å². The Labute approximate surface area is 155 Å². The molecule has 0 radical (unpaired) electrons. The smallest absolute Gasteiger partial charge is 0.249 e. The Morgan fingerprint density at radius 2 is 1.54 bits per heavy atom. The summed E-state index contributed by atoms with van der Waals surface area (Å²) in [5.74, 6) is 2.13. The van der Waals surface area contributed by atoms with Gasteiger partial charge in [0.2, 0.25) is 11.7 Å². The number of carbonyl (C=O) groups excluding carboxylic acids is 1. The van der Waals surface area contributed by atoms with Crippen molar-refractivity contribution in [2.75, 3.05) is 34.4 Å². The van der Waals surface area contributed by atoms with E-state index in [4.69, 9.17) is 14.2 Å². The van der Waals surface area contributed by atoms with Gasteiger partial charge in [-0.25, -0.2) is 0 Å². The Balaban J connectivity index is 1.91. The highest BCUT2D eigenvalue weighted by Crippen LogP contribution is 2.45. The van der Waals surface area contributed by atoms with Gasteiger partial charge in [-0.1, -0.05) is 19.3 Å². The fourth-order valence-electron chi connectivity index (χ4n) is 3.96. The van der Waals surface area contributed by atoms with Crippen LogP contribution in [0.4, 0.5) is 0 Å². The van der Waals surface area contributed by atoms with Crippen LogP contribution in [0.2, 0.25) is 0 Å². The third-order valence-electron chi connectivity index (χ3n) is 5.36. The third-order valence-corrected chi connectivity index (χ3v) is 5.36. The van der Waals surface area contributed by atoms with Crippen molar-refractivity contribution in [3.05, 3.63) is 22.8 Å². The average Bonchev–Trinajstić information content (AvgIpc) is 2.65. The van der Waals surface area contributed by atoms with E-state index < -0.39 is 0 Å². The topological polar surface area (TPSA) is 48.0 Å². The van der Waals surface area contributed by atoms with Crippen LogP contribution in [0.5, 0.6) is 17.2 Å². The van der Waals surface area contributed by atoms with Gasteiger partial charge in [-0.05, 0) is 43.4 Å². The van der Waals surface area contributed by atoms with Crippen LogP contribution in [0.3, 0.4) is 0 Å². The lowest BCUT2D eigenvalue weighted by molar-refractivity contribution is -0.127. The lowest BCUT2D eigenvalue weighted by atomic mass is 9.90. The molecule has 2 aliphatic rings. The molecule has 1 aromatic carbocycles. The standard InChI is InChI=1S/C21H29NO4/c1-24-18-14-16-13-15(9-10-17(16)19(25-2)20(18)26-3)21(23)22-11-7-5-4-6-8-12-22/h13-14H,4-12H2,1-3H3. The predicted molar refractivity (Wildman–Crippen MR) is 102 cm³/mol. The van der Waals surface area contributed by atoms with Crippen LogP contribution >= 0.6 is 0 Å². The molecule has 5 heteroatoms. The molecule has 1 amide bonds. The monoisotopic (exact) mass is 359 g/mol. The predicted octanol–water partition coefficient (Wildman–Crippen LogP) is 3.83. The van der Waals surface area contributed by atoms with Crippen LogP contribution in [-0.2, 0) is 11.2 Å². The van der Waals surface area contributed by atoms with Gasteiger partial charge in [-0.15, -0.1) is 0 Å². The van der Waals surface area contributed by atoms with E-state index in [1.54, 1.807) is 21.3 Å². The number of amides is 1. The first-order valence-corrected chi connectivity index (χ1v) is 9.51. The lowest BCUT2D eigenvalue weighted by Crippen LogP contribution is -2.35. The van der Waals surface area contributed by atoms with E-state index in [1.165, 1.54) is 19.3 Å². The maximum atomic E-state index is 13.0. The highest BCUT2D eigenvalue weighted by atomic mass is 16.5. The second-order valence-corrected chi connectivity index (χ2v) is 6.94. The van der Waals surface area contributed by atoms with E-state index in [0.717, 1.165) is 55.5 Å². The minimum Gasteiger partial charge on any atom is -0.493 e. The second kappa shape index (κ2) is 8.47. The van der Waals surface area contributed by atoms with Crippen molar-refractivity contribution >= 4 is 12.0 Å². The van der Waals surface area contributed by atoms with Crippen molar-refractivity contribution in [1.29, 1.82) is 0 Å². The third kappa shape index (κ3) is 3.67. The molecule has 0 bridgehead atoms. The number of benzene rings is 1. The molecule has 0 N–H and O–H groups in total. The molecule has 1 aliphatic heterocycles. The Morgan fingerprint density at radius 3 is 2.15 bits per heavy atom. The zero-order valence-electron chi connectivity index (χ0n) is 16.1. The molecule has 142 valence electrons. The molecule has 1 aromatic rings. The summed E-state index contributed by atoms with van der Waals surface area (Å²) >= 11 is 0. The summed E-state index contributed by atoms with van der Waals surface area (Å²) in [6, 6.07) is 1.94. The van der Waals surface area contributed by atoms with Crippen molar-refractivity contribution in [2.24, 2.45) is 0 Å². The number of hydrogen-bond acceptors (Lipinski definition) is 4. The summed E-state index contributed by atoms with van der Waals surface area (Å²) in [7, 11) is 4.87. The zero-order valence-corrected chi connectivity index (χ0v) is 16.1. The summed E-state index contributed by atoms with van der Waals surface area (Å²) < 4.78 is 16.5. The number of nitrogens with zero attached hydrogens (tertiary/aromatic N) is 1. The number of fused-ring (bicyclic) bond motifs is 1. The molecule has 3 rings (SSSR count). The van der Waals surface area contributed by atoms with Crippen LogP contribution < -0.4 is 14.2 Å². The fraction of sp³-hybridized carbons (Fsp3) is 0.571. The normalized spacial score (nSPS) is 17.5. The average molecular weight is 359 g/mol. The maximum Gasteiger partial charge on any atom is 0.249 e. The Bertz CT molecular complexity index is 688. The Hall–Kier alpha value is -2.17. The van der Waals surface area contributed by atoms with Gasteiger partial charge in [-0.2, -0.15) is 0 Å². The molecular formula is C21H29NO4. The van der Waals surface area contributed by atoms with Crippen molar-refractivity contribution in [3.63, 3.8) is 0 Å². The van der Waals surface area contributed by atoms with Crippen molar-refractivity contribution < 1.29 is 19.0 Å². The number of ether oxygens (including phenoxy) is 3. The summed E-state index contributed by atoms with van der Waals surface area (Å²) in [5, 5.41) is 0. The molecule has 1 aliphatic carbocycles. The van der Waals surface area contributed by atoms with Gasteiger partial charge in [0.1, 0.15) is 0 Å². The first-order chi connectivity index (χ1) is 12.7. The first kappa shape index (κ1) is 18.6. The highest BCUT2D eigenvalue weighted by molar-refractivity contribution is 5.99. The van der Waals surface area contributed by atoms with Crippen LogP contribution in [0.15, 0.2) is 11.6 Å². The van der Waals surface area contributed by atoms with Gasteiger partial charge >= 0.3 is 0 Å². The molecule has 1 heterocycles. The van der Waals surface area contributed by atoms with Gasteiger partial charge in [0.15, 0.2) is 11.5 Å². The van der Waals surface area contributed by atoms with Crippen LogP contribution in [0.1, 0.15) is 49.7 Å². The van der Waals surface area contributed by atoms with Crippen LogP contribution in [0, 0.1) is 0 Å². The molecule has 0 atom stereocenters. The second-order valence-electron chi connectivity index (χ2n) is 6.94. The first-order valence-electron chi connectivity index (χ1n) is 9.51. The number of hydrogen-bond donors (Lipinski definition) is 0. The van der Waals surface area contributed by atoms with Crippen molar-refractivity contribution in [2.45, 2.75) is 44.9 Å². The molecule has 1 fully saturated rings. The molecule has 1 saturated heterocycles. The van der Waals surface area contributed by atoms with Gasteiger partial charge < -0.3 is 19.1 Å². The maximum absolute atomic E-state index is 13.0. The molecule has 26 heavy (non-hydrogen) atoms. The van der Waals surface area contributed by atoms with Gasteiger partial charge in [0.05, 0.1) is 21.3 Å². The number of methoxy groups -OCH3 is 3. The van der Waals surface area contributed by atoms with E-state index >= 15 is 0 Å². The Kier molecular flexibility index (Phi) is 6.07. The molecule has 0 spiro atoms. The van der Waals surface area contributed by atoms with Gasteiger partial charge in [-0.3, -0.25) is 4.79 Å². The summed E-state index contributed by atoms with van der Waals surface area (Å²) in [4.78, 5) is 15.1. The SMILES string of the molecule is COc1cc2c(c(OC)c1OC)CCC(C(=O)N1CCCCCCC1)=C2.